The average Bonchev–Trinajstić information content (AvgIpc) is 2.94. The molecule has 2 aromatic rings. The molecule has 0 fully saturated rings. The van der Waals surface area contributed by atoms with Crippen LogP contribution in [0.2, 0.25) is 4.34 Å². The van der Waals surface area contributed by atoms with Crippen LogP contribution in [0.25, 0.3) is 0 Å². The summed E-state index contributed by atoms with van der Waals surface area (Å²) in [5.74, 6) is -0.475. The number of hydrogen-bond donors (Lipinski definition) is 3. The molecule has 9 heteroatoms. The number of halogens is 2. The second kappa shape index (κ2) is 8.18. The molecule has 1 aromatic heterocycles. The molecule has 1 heterocycles. The molecule has 1 aromatic carbocycles. The molecule has 0 saturated carbocycles. The van der Waals surface area contributed by atoms with Gasteiger partial charge in [0.2, 0.25) is 10.0 Å². The van der Waals surface area contributed by atoms with Gasteiger partial charge in [-0.05, 0) is 18.2 Å². The van der Waals surface area contributed by atoms with E-state index in [-0.39, 0.29) is 22.9 Å². The molecule has 3 N–H and O–H groups in total. The minimum atomic E-state index is -3.58. The van der Waals surface area contributed by atoms with E-state index in [0.29, 0.717) is 10.9 Å². The summed E-state index contributed by atoms with van der Waals surface area (Å²) in [6.07, 6.45) is -0.996. The molecule has 1 unspecified atom stereocenters. The van der Waals surface area contributed by atoms with Gasteiger partial charge in [-0.1, -0.05) is 29.8 Å². The molecular weight excluding hydrogens is 363 g/mol. The third-order valence-corrected chi connectivity index (χ3v) is 6.19. The molecule has 0 saturated heterocycles. The van der Waals surface area contributed by atoms with E-state index in [0.717, 1.165) is 11.3 Å². The Morgan fingerprint density at radius 3 is 2.61 bits per heavy atom. The number of sulfonamides is 1. The Morgan fingerprint density at radius 1 is 1.22 bits per heavy atom. The quantitative estimate of drug-likeness (QED) is 0.615. The minimum absolute atomic E-state index is 0.119. The minimum Gasteiger partial charge on any atom is -0.387 e. The van der Waals surface area contributed by atoms with Gasteiger partial charge in [-0.3, -0.25) is 0 Å². The molecule has 0 radical (unpaired) electrons. The van der Waals surface area contributed by atoms with Gasteiger partial charge in [0, 0.05) is 25.2 Å². The zero-order valence-corrected chi connectivity index (χ0v) is 14.4. The largest absolute Gasteiger partial charge is 0.387 e. The fourth-order valence-corrected chi connectivity index (χ4v) is 4.44. The fraction of sp³-hybridized carbons (Fsp3) is 0.286. The van der Waals surface area contributed by atoms with Gasteiger partial charge < -0.3 is 10.4 Å². The number of benzene rings is 1. The lowest BCUT2D eigenvalue weighted by atomic mass is 10.1. The maximum Gasteiger partial charge on any atom is 0.250 e. The lowest BCUT2D eigenvalue weighted by molar-refractivity contribution is 0.170. The van der Waals surface area contributed by atoms with Crippen molar-refractivity contribution in [2.75, 3.05) is 19.6 Å². The van der Waals surface area contributed by atoms with Crippen LogP contribution in [0, 0.1) is 5.82 Å². The van der Waals surface area contributed by atoms with Crippen molar-refractivity contribution in [2.45, 2.75) is 10.3 Å². The van der Waals surface area contributed by atoms with E-state index >= 15 is 0 Å². The molecule has 0 bridgehead atoms. The molecule has 0 aliphatic heterocycles. The van der Waals surface area contributed by atoms with Crippen LogP contribution >= 0.6 is 22.9 Å². The third kappa shape index (κ3) is 5.23. The van der Waals surface area contributed by atoms with Crippen LogP contribution in [0.5, 0.6) is 0 Å². The first-order valence-electron chi connectivity index (χ1n) is 6.78. The van der Waals surface area contributed by atoms with E-state index in [1.54, 1.807) is 12.1 Å². The maximum absolute atomic E-state index is 13.5. The second-order valence-corrected chi connectivity index (χ2v) is 8.41. The van der Waals surface area contributed by atoms with Crippen molar-refractivity contribution in [3.8, 4) is 0 Å². The second-order valence-electron chi connectivity index (χ2n) is 4.70. The average molecular weight is 379 g/mol. The summed E-state index contributed by atoms with van der Waals surface area (Å²) >= 11 is 6.69. The van der Waals surface area contributed by atoms with Crippen molar-refractivity contribution in [2.24, 2.45) is 0 Å². The third-order valence-electron chi connectivity index (χ3n) is 3.01. The number of aliphatic hydroxyl groups excluding tert-OH is 1. The normalized spacial score (nSPS) is 13.2. The molecule has 2 rings (SSSR count). The monoisotopic (exact) mass is 378 g/mol. The fourth-order valence-electron chi connectivity index (χ4n) is 1.88. The van der Waals surface area contributed by atoms with Gasteiger partial charge in [0.25, 0.3) is 0 Å². The summed E-state index contributed by atoms with van der Waals surface area (Å²) < 4.78 is 40.3. The highest BCUT2D eigenvalue weighted by atomic mass is 35.5. The van der Waals surface area contributed by atoms with E-state index in [1.807, 2.05) is 0 Å². The van der Waals surface area contributed by atoms with Gasteiger partial charge in [-0.2, -0.15) is 0 Å². The van der Waals surface area contributed by atoms with Crippen LogP contribution in [-0.4, -0.2) is 33.2 Å². The topological polar surface area (TPSA) is 78.4 Å². The van der Waals surface area contributed by atoms with Gasteiger partial charge >= 0.3 is 0 Å². The Hall–Kier alpha value is -1.03. The summed E-state index contributed by atoms with van der Waals surface area (Å²) in [6.45, 7) is 0.555. The van der Waals surface area contributed by atoms with E-state index in [1.165, 1.54) is 24.3 Å². The summed E-state index contributed by atoms with van der Waals surface area (Å²) in [4.78, 5) is 0. The number of nitrogens with one attached hydrogen (secondary N) is 2. The zero-order valence-electron chi connectivity index (χ0n) is 12.0. The number of rotatable bonds is 8. The maximum atomic E-state index is 13.5. The predicted octanol–water partition coefficient (Wildman–Crippen LogP) is 2.14. The summed E-state index contributed by atoms with van der Waals surface area (Å²) in [5, 5.41) is 12.8. The first kappa shape index (κ1) is 18.3. The van der Waals surface area contributed by atoms with E-state index < -0.39 is 21.9 Å². The lowest BCUT2D eigenvalue weighted by Gasteiger charge is -2.13. The molecule has 5 nitrogen and oxygen atoms in total. The molecular formula is C14H16ClFN2O3S2. The van der Waals surface area contributed by atoms with Gasteiger partial charge in [0.05, 0.1) is 10.4 Å². The Kier molecular flexibility index (Phi) is 6.51. The van der Waals surface area contributed by atoms with Crippen molar-refractivity contribution < 1.29 is 17.9 Å². The van der Waals surface area contributed by atoms with Crippen LogP contribution in [0.3, 0.4) is 0 Å². The van der Waals surface area contributed by atoms with Gasteiger partial charge in [-0.15, -0.1) is 11.3 Å². The standard InChI is InChI=1S/C14H16ClFN2O3S2/c15-13-5-6-14(22-13)23(20,21)18-8-7-17-9-12(19)10-3-1-2-4-11(10)16/h1-6,12,17-19H,7-9H2. The first-order valence-corrected chi connectivity index (χ1v) is 9.46. The van der Waals surface area contributed by atoms with Crippen molar-refractivity contribution in [1.29, 1.82) is 0 Å². The highest BCUT2D eigenvalue weighted by Crippen LogP contribution is 2.25. The van der Waals surface area contributed by atoms with Crippen molar-refractivity contribution in [3.63, 3.8) is 0 Å². The van der Waals surface area contributed by atoms with Crippen molar-refractivity contribution in [1.82, 2.24) is 10.0 Å². The highest BCUT2D eigenvalue weighted by molar-refractivity contribution is 7.91. The zero-order chi connectivity index (χ0) is 16.9. The molecule has 126 valence electrons. The van der Waals surface area contributed by atoms with Crippen LogP contribution in [0.1, 0.15) is 11.7 Å². The van der Waals surface area contributed by atoms with Gasteiger partial charge in [0.1, 0.15) is 10.0 Å². The summed E-state index contributed by atoms with van der Waals surface area (Å²) in [7, 11) is -3.58. The lowest BCUT2D eigenvalue weighted by Crippen LogP contribution is -2.33. The van der Waals surface area contributed by atoms with E-state index in [2.05, 4.69) is 10.0 Å². The Bertz CT molecular complexity index is 752. The highest BCUT2D eigenvalue weighted by Gasteiger charge is 2.16. The van der Waals surface area contributed by atoms with Gasteiger partial charge in [-0.25, -0.2) is 17.5 Å². The summed E-state index contributed by atoms with van der Waals surface area (Å²) in [5.41, 5.74) is 0.203. The Balaban J connectivity index is 1.75. The van der Waals surface area contributed by atoms with Crippen LogP contribution in [-0.2, 0) is 10.0 Å². The van der Waals surface area contributed by atoms with Crippen molar-refractivity contribution in [3.05, 3.63) is 52.1 Å². The number of hydrogen-bond acceptors (Lipinski definition) is 5. The number of aliphatic hydroxyl groups is 1. The molecule has 23 heavy (non-hydrogen) atoms. The summed E-state index contributed by atoms with van der Waals surface area (Å²) in [6, 6.07) is 8.92. The van der Waals surface area contributed by atoms with Gasteiger partial charge in [0.15, 0.2) is 0 Å². The van der Waals surface area contributed by atoms with Crippen LogP contribution < -0.4 is 10.0 Å². The molecule has 0 aliphatic rings. The predicted molar refractivity (Wildman–Crippen MR) is 88.7 cm³/mol. The molecule has 0 spiro atoms. The SMILES string of the molecule is O=S(=O)(NCCNCC(O)c1ccccc1F)c1ccc(Cl)s1. The van der Waals surface area contributed by atoms with Crippen LogP contribution in [0.4, 0.5) is 4.39 Å². The molecule has 0 amide bonds. The van der Waals surface area contributed by atoms with Crippen LogP contribution in [0.15, 0.2) is 40.6 Å². The number of thiophene rings is 1. The smallest absolute Gasteiger partial charge is 0.250 e. The molecule has 0 aliphatic carbocycles. The van der Waals surface area contributed by atoms with E-state index in [4.69, 9.17) is 11.6 Å². The Morgan fingerprint density at radius 2 is 1.96 bits per heavy atom. The first-order chi connectivity index (χ1) is 10.9. The Labute approximate surface area is 143 Å². The van der Waals surface area contributed by atoms with E-state index in [9.17, 15) is 17.9 Å². The molecule has 1 atom stereocenters. The van der Waals surface area contributed by atoms with Crippen molar-refractivity contribution >= 4 is 33.0 Å².